The molecule has 4 nitrogen and oxygen atoms in total. The van der Waals surface area contributed by atoms with Gasteiger partial charge in [-0.3, -0.25) is 9.59 Å². The maximum Gasteiger partial charge on any atom is 0.306 e. The molecule has 0 aliphatic heterocycles. The number of hydrogen-bond donors (Lipinski definition) is 1. The molecule has 0 spiro atoms. The van der Waals surface area contributed by atoms with Crippen LogP contribution in [0.1, 0.15) is 187 Å². The number of rotatable bonds is 33. The summed E-state index contributed by atoms with van der Waals surface area (Å²) in [5.41, 5.74) is 0. The highest BCUT2D eigenvalue weighted by Crippen LogP contribution is 2.18. The molecule has 4 heteroatoms. The van der Waals surface area contributed by atoms with Gasteiger partial charge in [0.15, 0.2) is 0 Å². The highest BCUT2D eigenvalue weighted by atomic mass is 16.5. The smallest absolute Gasteiger partial charge is 0.306 e. The molecule has 0 saturated heterocycles. The Balaban J connectivity index is 3.83. The molecule has 0 aliphatic carbocycles. The molecular formula is C40H70O4. The summed E-state index contributed by atoms with van der Waals surface area (Å²) in [6.45, 7) is 4.38. The van der Waals surface area contributed by atoms with Crippen LogP contribution in [0.3, 0.4) is 0 Å². The Labute approximate surface area is 272 Å². The lowest BCUT2D eigenvalue weighted by atomic mass is 10.0. The summed E-state index contributed by atoms with van der Waals surface area (Å²) in [5, 5.41) is 8.67. The van der Waals surface area contributed by atoms with E-state index in [0.29, 0.717) is 12.8 Å². The van der Waals surface area contributed by atoms with E-state index in [1.807, 2.05) is 0 Å². The van der Waals surface area contributed by atoms with Crippen LogP contribution in [0, 0.1) is 0 Å². The average molecular weight is 615 g/mol. The number of ether oxygens (including phenoxy) is 1. The van der Waals surface area contributed by atoms with Crippen molar-refractivity contribution in [3.63, 3.8) is 0 Å². The quantitative estimate of drug-likeness (QED) is 0.0454. The van der Waals surface area contributed by atoms with Crippen LogP contribution in [-0.4, -0.2) is 23.1 Å². The van der Waals surface area contributed by atoms with Gasteiger partial charge in [-0.1, -0.05) is 146 Å². The first-order valence-electron chi connectivity index (χ1n) is 18.6. The van der Waals surface area contributed by atoms with Crippen molar-refractivity contribution in [2.45, 2.75) is 193 Å². The first-order chi connectivity index (χ1) is 21.6. The van der Waals surface area contributed by atoms with Crippen molar-refractivity contribution in [1.29, 1.82) is 0 Å². The van der Waals surface area contributed by atoms with Crippen molar-refractivity contribution in [2.24, 2.45) is 0 Å². The first-order valence-corrected chi connectivity index (χ1v) is 18.6. The zero-order valence-electron chi connectivity index (χ0n) is 29.0. The van der Waals surface area contributed by atoms with Gasteiger partial charge in [-0.05, 0) is 77.0 Å². The highest BCUT2D eigenvalue weighted by Gasteiger charge is 2.14. The maximum atomic E-state index is 12.5. The SMILES string of the molecule is CC/C=C\C/C=C\C/C=C\C/C=C\CCCCC(=O)OC(CCCCC)CCCCCCCCCCCCCCCC(=O)O. The normalized spacial score (nSPS) is 12.8. The zero-order chi connectivity index (χ0) is 32.2. The summed E-state index contributed by atoms with van der Waals surface area (Å²) in [5.74, 6) is -0.674. The molecule has 0 aromatic rings. The Morgan fingerprint density at radius 1 is 0.523 bits per heavy atom. The number of carboxylic acid groups (broad SMARTS) is 1. The van der Waals surface area contributed by atoms with E-state index in [1.165, 1.54) is 77.0 Å². The summed E-state index contributed by atoms with van der Waals surface area (Å²) in [4.78, 5) is 23.0. The van der Waals surface area contributed by atoms with E-state index in [-0.39, 0.29) is 12.1 Å². The van der Waals surface area contributed by atoms with E-state index in [0.717, 1.165) is 83.5 Å². The fourth-order valence-electron chi connectivity index (χ4n) is 5.35. The number of allylic oxidation sites excluding steroid dienone is 8. The fourth-order valence-corrected chi connectivity index (χ4v) is 5.35. The molecule has 0 bridgehead atoms. The molecule has 0 aliphatic rings. The molecule has 0 aromatic heterocycles. The van der Waals surface area contributed by atoms with Crippen molar-refractivity contribution >= 4 is 11.9 Å². The van der Waals surface area contributed by atoms with Crippen molar-refractivity contribution in [1.82, 2.24) is 0 Å². The summed E-state index contributed by atoms with van der Waals surface area (Å²) in [7, 11) is 0. The second-order valence-corrected chi connectivity index (χ2v) is 12.4. The number of carbonyl (C=O) groups excluding carboxylic acids is 1. The average Bonchev–Trinajstić information content (AvgIpc) is 3.00. The summed E-state index contributed by atoms with van der Waals surface area (Å²) >= 11 is 0. The van der Waals surface area contributed by atoms with Crippen LogP contribution >= 0.6 is 0 Å². The Kier molecular flexibility index (Phi) is 33.7. The van der Waals surface area contributed by atoms with E-state index in [2.05, 4.69) is 62.5 Å². The van der Waals surface area contributed by atoms with Crippen molar-refractivity contribution in [2.75, 3.05) is 0 Å². The summed E-state index contributed by atoms with van der Waals surface area (Å²) in [6, 6.07) is 0. The minimum atomic E-state index is -0.671. The lowest BCUT2D eigenvalue weighted by Crippen LogP contribution is -2.18. The third-order valence-electron chi connectivity index (χ3n) is 8.07. The van der Waals surface area contributed by atoms with E-state index in [4.69, 9.17) is 9.84 Å². The van der Waals surface area contributed by atoms with Crippen LogP contribution in [-0.2, 0) is 14.3 Å². The number of carbonyl (C=O) groups is 2. The number of carboxylic acids is 1. The summed E-state index contributed by atoms with van der Waals surface area (Å²) < 4.78 is 5.94. The molecule has 44 heavy (non-hydrogen) atoms. The van der Waals surface area contributed by atoms with E-state index in [9.17, 15) is 9.59 Å². The van der Waals surface area contributed by atoms with Gasteiger partial charge in [0.2, 0.25) is 0 Å². The molecular weight excluding hydrogens is 544 g/mol. The van der Waals surface area contributed by atoms with Crippen molar-refractivity contribution in [3.8, 4) is 0 Å². The van der Waals surface area contributed by atoms with Crippen molar-refractivity contribution in [3.05, 3.63) is 48.6 Å². The molecule has 0 saturated carbocycles. The molecule has 1 N–H and O–H groups in total. The predicted octanol–water partition coefficient (Wildman–Crippen LogP) is 12.8. The van der Waals surface area contributed by atoms with Crippen molar-refractivity contribution < 1.29 is 19.4 Å². The van der Waals surface area contributed by atoms with Gasteiger partial charge >= 0.3 is 11.9 Å². The molecule has 1 atom stereocenters. The van der Waals surface area contributed by atoms with Gasteiger partial charge in [-0.15, -0.1) is 0 Å². The second-order valence-electron chi connectivity index (χ2n) is 12.4. The van der Waals surface area contributed by atoms with Gasteiger partial charge < -0.3 is 9.84 Å². The van der Waals surface area contributed by atoms with Crippen LogP contribution < -0.4 is 0 Å². The number of esters is 1. The molecule has 0 amide bonds. The molecule has 254 valence electrons. The van der Waals surface area contributed by atoms with E-state index in [1.54, 1.807) is 0 Å². The Hall–Kier alpha value is -2.10. The standard InChI is InChI=1S/C40H70O4/c1-3-5-7-8-9-10-11-12-13-17-20-23-26-29-33-37-40(43)44-38(34-30-6-4-2)35-31-27-24-21-18-15-14-16-19-22-25-28-32-36-39(41)42/h5,7,9-10,12-13,20,23,38H,3-4,6,8,11,14-19,21-22,24-37H2,1-2H3,(H,41,42)/b7-5-,10-9-,13-12-,23-20-. The van der Waals surface area contributed by atoms with Crippen LogP contribution in [0.2, 0.25) is 0 Å². The third-order valence-corrected chi connectivity index (χ3v) is 8.07. The van der Waals surface area contributed by atoms with Crippen LogP contribution in [0.4, 0.5) is 0 Å². The van der Waals surface area contributed by atoms with Crippen LogP contribution in [0.15, 0.2) is 48.6 Å². The maximum absolute atomic E-state index is 12.5. The molecule has 0 radical (unpaired) electrons. The lowest BCUT2D eigenvalue weighted by Gasteiger charge is -2.18. The van der Waals surface area contributed by atoms with Gasteiger partial charge in [-0.25, -0.2) is 0 Å². The van der Waals surface area contributed by atoms with Crippen LogP contribution in [0.25, 0.3) is 0 Å². The minimum absolute atomic E-state index is 0.00286. The molecule has 1 unspecified atom stereocenters. The largest absolute Gasteiger partial charge is 0.481 e. The number of unbranched alkanes of at least 4 members (excludes halogenated alkanes) is 16. The Bertz CT molecular complexity index is 748. The molecule has 0 aromatic carbocycles. The fraction of sp³-hybridized carbons (Fsp3) is 0.750. The van der Waals surface area contributed by atoms with Gasteiger partial charge in [0, 0.05) is 12.8 Å². The number of aliphatic carboxylic acids is 1. The Morgan fingerprint density at radius 2 is 0.955 bits per heavy atom. The zero-order valence-corrected chi connectivity index (χ0v) is 29.0. The molecule has 0 rings (SSSR count). The third kappa shape index (κ3) is 34.4. The van der Waals surface area contributed by atoms with E-state index < -0.39 is 5.97 Å². The lowest BCUT2D eigenvalue weighted by molar-refractivity contribution is -0.150. The summed E-state index contributed by atoms with van der Waals surface area (Å²) in [6.07, 6.45) is 47.3. The highest BCUT2D eigenvalue weighted by molar-refractivity contribution is 5.69. The Morgan fingerprint density at radius 3 is 1.45 bits per heavy atom. The molecule has 0 heterocycles. The van der Waals surface area contributed by atoms with Gasteiger partial charge in [0.05, 0.1) is 0 Å². The van der Waals surface area contributed by atoms with E-state index >= 15 is 0 Å². The van der Waals surface area contributed by atoms with Gasteiger partial charge in [0.25, 0.3) is 0 Å². The first kappa shape index (κ1) is 41.9. The number of hydrogen-bond acceptors (Lipinski definition) is 3. The van der Waals surface area contributed by atoms with Gasteiger partial charge in [0.1, 0.15) is 6.10 Å². The topological polar surface area (TPSA) is 63.6 Å². The van der Waals surface area contributed by atoms with Crippen LogP contribution in [0.5, 0.6) is 0 Å². The van der Waals surface area contributed by atoms with Gasteiger partial charge in [-0.2, -0.15) is 0 Å². The second kappa shape index (κ2) is 35.4. The predicted molar refractivity (Wildman–Crippen MR) is 190 cm³/mol. The minimum Gasteiger partial charge on any atom is -0.481 e. The molecule has 0 fully saturated rings. The monoisotopic (exact) mass is 615 g/mol.